The molecule has 4 rings (SSSR count). The molecule has 3 amide bonds. The van der Waals surface area contributed by atoms with Crippen LogP contribution in [0.5, 0.6) is 5.75 Å². The Morgan fingerprint density at radius 1 is 1.00 bits per heavy atom. The first-order valence-corrected chi connectivity index (χ1v) is 13.2. The van der Waals surface area contributed by atoms with Crippen LogP contribution in [0.15, 0.2) is 59.7 Å². The van der Waals surface area contributed by atoms with Gasteiger partial charge in [0.2, 0.25) is 0 Å². The van der Waals surface area contributed by atoms with Gasteiger partial charge in [-0.15, -0.1) is 0 Å². The first kappa shape index (κ1) is 28.4. The fourth-order valence-corrected chi connectivity index (χ4v) is 5.07. The Hall–Kier alpha value is -3.59. The molecule has 0 saturated carbocycles. The molecule has 1 unspecified atom stereocenters. The highest BCUT2D eigenvalue weighted by atomic mass is 35.5. The van der Waals surface area contributed by atoms with Crippen molar-refractivity contribution in [2.45, 2.75) is 27.2 Å². The van der Waals surface area contributed by atoms with E-state index in [2.05, 4.69) is 15.7 Å². The minimum Gasteiger partial charge on any atom is -0.483 e. The second-order valence-electron chi connectivity index (χ2n) is 8.95. The zero-order valence-electron chi connectivity index (χ0n) is 21.3. The summed E-state index contributed by atoms with van der Waals surface area (Å²) in [5, 5.41) is 11.5. The van der Waals surface area contributed by atoms with Crippen molar-refractivity contribution in [3.63, 3.8) is 0 Å². The fourth-order valence-electron chi connectivity index (χ4n) is 4.10. The third-order valence-corrected chi connectivity index (χ3v) is 6.78. The summed E-state index contributed by atoms with van der Waals surface area (Å²) in [6, 6.07) is 15.0. The quantitative estimate of drug-likeness (QED) is 0.334. The first-order valence-electron chi connectivity index (χ1n) is 12.1. The summed E-state index contributed by atoms with van der Waals surface area (Å²) in [4.78, 5) is 38.6. The standard InChI is InChI=1S/C28H25Cl3N4O4/c1-4-20-26(34-35(28(20)38)25-21(30)12-18(29)13-22(25)31)33-27(37)17-6-5-7-19(11-17)32-24(36)14-39-23-9-8-15(2)10-16(23)3/h5-13,20H,4,14H2,1-3H3,(H,32,36)(H,33,34,37). The van der Waals surface area contributed by atoms with Gasteiger partial charge in [-0.05, 0) is 62.2 Å². The predicted octanol–water partition coefficient (Wildman–Crippen LogP) is 6.40. The van der Waals surface area contributed by atoms with Crippen molar-refractivity contribution in [1.82, 2.24) is 5.32 Å². The van der Waals surface area contributed by atoms with E-state index >= 15 is 0 Å². The van der Waals surface area contributed by atoms with Gasteiger partial charge in [0.05, 0.1) is 16.0 Å². The molecule has 0 aromatic heterocycles. The van der Waals surface area contributed by atoms with Crippen molar-refractivity contribution in [2.24, 2.45) is 11.0 Å². The highest BCUT2D eigenvalue weighted by Gasteiger charge is 2.38. The van der Waals surface area contributed by atoms with Gasteiger partial charge in [0.15, 0.2) is 6.61 Å². The summed E-state index contributed by atoms with van der Waals surface area (Å²) >= 11 is 18.6. The Bertz CT molecular complexity index is 1470. The van der Waals surface area contributed by atoms with E-state index in [1.54, 1.807) is 25.1 Å². The minimum atomic E-state index is -0.706. The summed E-state index contributed by atoms with van der Waals surface area (Å²) in [6.07, 6.45) is 0.383. The Kier molecular flexibility index (Phi) is 8.80. The number of carbonyl (C=O) groups excluding carboxylic acids is 3. The molecule has 202 valence electrons. The Balaban J connectivity index is 1.45. The average molecular weight is 588 g/mol. The Morgan fingerprint density at radius 2 is 1.72 bits per heavy atom. The van der Waals surface area contributed by atoms with Crippen molar-refractivity contribution in [3.8, 4) is 5.75 Å². The normalized spacial score (nSPS) is 14.7. The molecule has 3 aromatic carbocycles. The van der Waals surface area contributed by atoms with E-state index in [9.17, 15) is 14.4 Å². The molecule has 2 N–H and O–H groups in total. The molecule has 1 aliphatic heterocycles. The minimum absolute atomic E-state index is 0.150. The van der Waals surface area contributed by atoms with Crippen molar-refractivity contribution < 1.29 is 19.1 Å². The van der Waals surface area contributed by atoms with Crippen LogP contribution in [0.1, 0.15) is 34.8 Å². The van der Waals surface area contributed by atoms with Gasteiger partial charge in [-0.3, -0.25) is 14.4 Å². The number of nitrogens with zero attached hydrogens (tertiary/aromatic N) is 2. The summed E-state index contributed by atoms with van der Waals surface area (Å²) in [7, 11) is 0. The van der Waals surface area contributed by atoms with Crippen LogP contribution in [-0.4, -0.2) is 30.2 Å². The van der Waals surface area contributed by atoms with E-state index in [0.717, 1.165) is 16.1 Å². The molecule has 0 radical (unpaired) electrons. The maximum Gasteiger partial charge on any atom is 0.262 e. The number of anilines is 2. The number of ether oxygens (including phenoxy) is 1. The maximum absolute atomic E-state index is 13.1. The van der Waals surface area contributed by atoms with Crippen molar-refractivity contribution in [2.75, 3.05) is 16.9 Å². The number of nitrogens with one attached hydrogen (secondary N) is 2. The molecular weight excluding hydrogens is 563 g/mol. The smallest absolute Gasteiger partial charge is 0.262 e. The number of amidine groups is 1. The SMILES string of the molecule is CCC1C(=O)N(c2c(Cl)cc(Cl)cc2Cl)N=C1NC(=O)c1cccc(NC(=O)COc2ccc(C)cc2C)c1. The molecule has 3 aromatic rings. The van der Waals surface area contributed by atoms with Crippen molar-refractivity contribution in [3.05, 3.63) is 86.4 Å². The number of aryl methyl sites for hydroxylation is 2. The van der Waals surface area contributed by atoms with Gasteiger partial charge in [0.1, 0.15) is 17.3 Å². The number of hydrogen-bond donors (Lipinski definition) is 2. The molecule has 1 aliphatic rings. The topological polar surface area (TPSA) is 100 Å². The van der Waals surface area contributed by atoms with E-state index in [1.807, 2.05) is 32.0 Å². The molecular formula is C28H25Cl3N4O4. The third kappa shape index (κ3) is 6.53. The van der Waals surface area contributed by atoms with Crippen LogP contribution in [0.25, 0.3) is 0 Å². The lowest BCUT2D eigenvalue weighted by Crippen LogP contribution is -2.36. The van der Waals surface area contributed by atoms with Crippen LogP contribution in [0.2, 0.25) is 15.1 Å². The van der Waals surface area contributed by atoms with Crippen molar-refractivity contribution >= 4 is 69.7 Å². The molecule has 0 bridgehead atoms. The summed E-state index contributed by atoms with van der Waals surface area (Å²) in [5.74, 6) is -1.19. The summed E-state index contributed by atoms with van der Waals surface area (Å²) in [6.45, 7) is 5.50. The molecule has 8 nitrogen and oxygen atoms in total. The number of benzene rings is 3. The largest absolute Gasteiger partial charge is 0.483 e. The average Bonchev–Trinajstić information content (AvgIpc) is 3.17. The zero-order chi connectivity index (χ0) is 28.3. The van der Waals surface area contributed by atoms with Crippen molar-refractivity contribution in [1.29, 1.82) is 0 Å². The molecule has 0 fully saturated rings. The number of halogens is 3. The highest BCUT2D eigenvalue weighted by Crippen LogP contribution is 2.39. The second-order valence-corrected chi connectivity index (χ2v) is 10.2. The van der Waals surface area contributed by atoms with Gasteiger partial charge in [-0.25, -0.2) is 0 Å². The highest BCUT2D eigenvalue weighted by molar-refractivity contribution is 6.42. The van der Waals surface area contributed by atoms with Gasteiger partial charge in [-0.2, -0.15) is 10.1 Å². The number of hydrazone groups is 1. The van der Waals surface area contributed by atoms with Crippen LogP contribution >= 0.6 is 34.8 Å². The van der Waals surface area contributed by atoms with Crippen LogP contribution in [0.4, 0.5) is 11.4 Å². The molecule has 0 saturated heterocycles. The van der Waals surface area contributed by atoms with Crippen LogP contribution in [0, 0.1) is 19.8 Å². The third-order valence-electron chi connectivity index (χ3n) is 5.99. The van der Waals surface area contributed by atoms with E-state index in [4.69, 9.17) is 39.5 Å². The van der Waals surface area contributed by atoms with Crippen LogP contribution in [-0.2, 0) is 9.59 Å². The number of hydrogen-bond acceptors (Lipinski definition) is 5. The van der Waals surface area contributed by atoms with Gasteiger partial charge in [0.25, 0.3) is 17.7 Å². The summed E-state index contributed by atoms with van der Waals surface area (Å²) in [5.41, 5.74) is 2.88. The molecule has 11 heteroatoms. The summed E-state index contributed by atoms with van der Waals surface area (Å²) < 4.78 is 5.63. The number of amides is 3. The van der Waals surface area contributed by atoms with Crippen LogP contribution in [0.3, 0.4) is 0 Å². The van der Waals surface area contributed by atoms with Gasteiger partial charge in [-0.1, -0.05) is 65.5 Å². The van der Waals surface area contributed by atoms with Gasteiger partial charge >= 0.3 is 0 Å². The molecule has 0 aliphatic carbocycles. The lowest BCUT2D eigenvalue weighted by atomic mass is 10.0. The monoisotopic (exact) mass is 586 g/mol. The van der Waals surface area contributed by atoms with E-state index in [-0.39, 0.29) is 45.6 Å². The van der Waals surface area contributed by atoms with E-state index in [1.165, 1.54) is 18.2 Å². The zero-order valence-corrected chi connectivity index (χ0v) is 23.6. The van der Waals surface area contributed by atoms with E-state index < -0.39 is 11.8 Å². The number of rotatable bonds is 7. The fraction of sp³-hybridized carbons (Fsp3) is 0.214. The predicted molar refractivity (Wildman–Crippen MR) is 154 cm³/mol. The molecule has 39 heavy (non-hydrogen) atoms. The van der Waals surface area contributed by atoms with Gasteiger partial charge in [0, 0.05) is 16.3 Å². The Morgan fingerprint density at radius 3 is 2.38 bits per heavy atom. The van der Waals surface area contributed by atoms with Gasteiger partial charge < -0.3 is 15.4 Å². The Labute approximate surface area is 240 Å². The lowest BCUT2D eigenvalue weighted by molar-refractivity contribution is -0.120. The molecule has 0 spiro atoms. The number of carbonyl (C=O) groups is 3. The second kappa shape index (κ2) is 12.1. The van der Waals surface area contributed by atoms with Crippen LogP contribution < -0.4 is 20.4 Å². The van der Waals surface area contributed by atoms with E-state index in [0.29, 0.717) is 22.9 Å². The lowest BCUT2D eigenvalue weighted by Gasteiger charge is -2.16. The first-order chi connectivity index (χ1) is 18.6. The molecule has 1 atom stereocenters. The molecule has 1 heterocycles. The maximum atomic E-state index is 13.1.